The van der Waals surface area contributed by atoms with E-state index in [-0.39, 0.29) is 11.6 Å². The van der Waals surface area contributed by atoms with Crippen LogP contribution in [0.4, 0.5) is 4.79 Å². The number of carbonyl (C=O) groups is 1. The van der Waals surface area contributed by atoms with Crippen LogP contribution in [0.15, 0.2) is 12.2 Å². The number of rotatable bonds is 2. The van der Waals surface area contributed by atoms with Gasteiger partial charge in [-0.15, -0.1) is 0 Å². The van der Waals surface area contributed by atoms with Crippen molar-refractivity contribution in [3.05, 3.63) is 12.2 Å². The second-order valence-corrected chi connectivity index (χ2v) is 5.11. The molecule has 0 atom stereocenters. The summed E-state index contributed by atoms with van der Waals surface area (Å²) >= 11 is 0. The van der Waals surface area contributed by atoms with E-state index in [1.807, 2.05) is 20.8 Å². The normalized spacial score (nSPS) is 17.5. The molecule has 0 aliphatic heterocycles. The van der Waals surface area contributed by atoms with Gasteiger partial charge in [-0.3, -0.25) is 0 Å². The molecule has 0 unspecified atom stereocenters. The van der Waals surface area contributed by atoms with Crippen LogP contribution in [0.3, 0.4) is 0 Å². The van der Waals surface area contributed by atoms with Crippen molar-refractivity contribution >= 4 is 6.03 Å². The summed E-state index contributed by atoms with van der Waals surface area (Å²) in [6.45, 7) is 10.5. The van der Waals surface area contributed by atoms with Crippen LogP contribution in [0, 0.1) is 5.92 Å². The van der Waals surface area contributed by atoms with Gasteiger partial charge in [-0.2, -0.15) is 0 Å². The zero-order valence-corrected chi connectivity index (χ0v) is 9.31. The van der Waals surface area contributed by atoms with Gasteiger partial charge in [0, 0.05) is 12.1 Å². The standard InChI is InChI=1S/C11H20N2O/c1-8-5-9(6-8)7-12-10(14)13-11(2,3)4/h9H,1,5-7H2,2-4H3,(H2,12,13,14). The topological polar surface area (TPSA) is 41.1 Å². The molecule has 0 aromatic heterocycles. The summed E-state index contributed by atoms with van der Waals surface area (Å²) in [5, 5.41) is 5.73. The predicted octanol–water partition coefficient (Wildman–Crippen LogP) is 2.05. The number of amides is 2. The SMILES string of the molecule is C=C1CC(CNC(=O)NC(C)(C)C)C1. The van der Waals surface area contributed by atoms with Crippen molar-refractivity contribution < 1.29 is 4.79 Å². The Balaban J connectivity index is 2.13. The molecule has 0 spiro atoms. The number of carbonyl (C=O) groups excluding carboxylic acids is 1. The van der Waals surface area contributed by atoms with E-state index in [1.165, 1.54) is 5.57 Å². The van der Waals surface area contributed by atoms with Crippen molar-refractivity contribution in [3.8, 4) is 0 Å². The molecule has 0 saturated heterocycles. The molecule has 2 N–H and O–H groups in total. The van der Waals surface area contributed by atoms with E-state index < -0.39 is 0 Å². The van der Waals surface area contributed by atoms with E-state index in [1.54, 1.807) is 0 Å². The molecule has 0 heterocycles. The molecular weight excluding hydrogens is 176 g/mol. The van der Waals surface area contributed by atoms with Crippen LogP contribution in [0.1, 0.15) is 33.6 Å². The fourth-order valence-corrected chi connectivity index (χ4v) is 1.52. The van der Waals surface area contributed by atoms with Gasteiger partial charge in [0.15, 0.2) is 0 Å². The second-order valence-electron chi connectivity index (χ2n) is 5.11. The second kappa shape index (κ2) is 4.03. The van der Waals surface area contributed by atoms with E-state index >= 15 is 0 Å². The molecule has 1 aliphatic rings. The molecule has 2 amide bonds. The van der Waals surface area contributed by atoms with Gasteiger partial charge in [0.25, 0.3) is 0 Å². The zero-order valence-electron chi connectivity index (χ0n) is 9.31. The van der Waals surface area contributed by atoms with Crippen LogP contribution in [0.2, 0.25) is 0 Å². The van der Waals surface area contributed by atoms with Crippen molar-refractivity contribution in [1.82, 2.24) is 10.6 Å². The van der Waals surface area contributed by atoms with E-state index in [4.69, 9.17) is 0 Å². The van der Waals surface area contributed by atoms with E-state index in [9.17, 15) is 4.79 Å². The minimum Gasteiger partial charge on any atom is -0.338 e. The van der Waals surface area contributed by atoms with Gasteiger partial charge in [0.05, 0.1) is 0 Å². The van der Waals surface area contributed by atoms with Gasteiger partial charge < -0.3 is 10.6 Å². The molecule has 80 valence electrons. The molecule has 1 fully saturated rings. The van der Waals surface area contributed by atoms with Crippen LogP contribution in [-0.4, -0.2) is 18.1 Å². The van der Waals surface area contributed by atoms with Gasteiger partial charge in [-0.1, -0.05) is 12.2 Å². The number of allylic oxidation sites excluding steroid dienone is 1. The van der Waals surface area contributed by atoms with Crippen molar-refractivity contribution in [2.45, 2.75) is 39.2 Å². The molecule has 1 saturated carbocycles. The summed E-state index contributed by atoms with van der Waals surface area (Å²) in [5.41, 5.74) is 1.14. The van der Waals surface area contributed by atoms with Gasteiger partial charge in [0.2, 0.25) is 0 Å². The Labute approximate surface area is 86.0 Å². The summed E-state index contributed by atoms with van der Waals surface area (Å²) in [6.07, 6.45) is 2.13. The van der Waals surface area contributed by atoms with Gasteiger partial charge in [-0.25, -0.2) is 4.79 Å². The molecule has 14 heavy (non-hydrogen) atoms. The highest BCUT2D eigenvalue weighted by atomic mass is 16.2. The Bertz CT molecular complexity index is 232. The lowest BCUT2D eigenvalue weighted by atomic mass is 9.81. The predicted molar refractivity (Wildman–Crippen MR) is 58.2 cm³/mol. The van der Waals surface area contributed by atoms with E-state index in [0.717, 1.165) is 19.4 Å². The summed E-state index contributed by atoms with van der Waals surface area (Å²) in [7, 11) is 0. The largest absolute Gasteiger partial charge is 0.338 e. The first kappa shape index (κ1) is 11.1. The molecule has 3 heteroatoms. The third-order valence-electron chi connectivity index (χ3n) is 2.19. The van der Waals surface area contributed by atoms with Gasteiger partial charge >= 0.3 is 6.03 Å². The number of urea groups is 1. The molecule has 1 rings (SSSR count). The van der Waals surface area contributed by atoms with Crippen molar-refractivity contribution in [3.63, 3.8) is 0 Å². The average Bonchev–Trinajstić information content (AvgIpc) is 1.92. The van der Waals surface area contributed by atoms with Crippen LogP contribution < -0.4 is 10.6 Å². The number of nitrogens with one attached hydrogen (secondary N) is 2. The molecule has 0 radical (unpaired) electrons. The monoisotopic (exact) mass is 196 g/mol. The first-order valence-corrected chi connectivity index (χ1v) is 5.09. The smallest absolute Gasteiger partial charge is 0.315 e. The third kappa shape index (κ3) is 3.81. The number of hydrogen-bond acceptors (Lipinski definition) is 1. The molecule has 0 bridgehead atoms. The van der Waals surface area contributed by atoms with E-state index in [2.05, 4.69) is 17.2 Å². The maximum absolute atomic E-state index is 11.3. The minimum atomic E-state index is -0.159. The maximum atomic E-state index is 11.3. The van der Waals surface area contributed by atoms with E-state index in [0.29, 0.717) is 5.92 Å². The maximum Gasteiger partial charge on any atom is 0.315 e. The summed E-state index contributed by atoms with van der Waals surface area (Å²) in [4.78, 5) is 11.3. The van der Waals surface area contributed by atoms with Crippen molar-refractivity contribution in [2.24, 2.45) is 5.92 Å². The lowest BCUT2D eigenvalue weighted by Gasteiger charge is -2.29. The number of hydrogen-bond donors (Lipinski definition) is 2. The van der Waals surface area contributed by atoms with Crippen molar-refractivity contribution in [2.75, 3.05) is 6.54 Å². The Hall–Kier alpha value is -0.990. The highest BCUT2D eigenvalue weighted by Gasteiger charge is 2.22. The van der Waals surface area contributed by atoms with Crippen LogP contribution >= 0.6 is 0 Å². The minimum absolute atomic E-state index is 0.0741. The zero-order chi connectivity index (χ0) is 10.8. The molecule has 1 aliphatic carbocycles. The molecule has 3 nitrogen and oxygen atoms in total. The molecule has 0 aromatic rings. The van der Waals surface area contributed by atoms with Gasteiger partial charge in [0.1, 0.15) is 0 Å². The molecule has 0 aromatic carbocycles. The van der Waals surface area contributed by atoms with Crippen molar-refractivity contribution in [1.29, 1.82) is 0 Å². The van der Waals surface area contributed by atoms with Crippen LogP contribution in [-0.2, 0) is 0 Å². The Kier molecular flexibility index (Phi) is 3.19. The summed E-state index contributed by atoms with van der Waals surface area (Å²) < 4.78 is 0. The van der Waals surface area contributed by atoms with Gasteiger partial charge in [-0.05, 0) is 39.5 Å². The van der Waals surface area contributed by atoms with Crippen LogP contribution in [0.5, 0.6) is 0 Å². The fourth-order valence-electron chi connectivity index (χ4n) is 1.52. The lowest BCUT2D eigenvalue weighted by molar-refractivity contribution is 0.228. The first-order chi connectivity index (χ1) is 6.37. The Morgan fingerprint density at radius 3 is 2.50 bits per heavy atom. The lowest BCUT2D eigenvalue weighted by Crippen LogP contribution is -2.48. The average molecular weight is 196 g/mol. The Morgan fingerprint density at radius 1 is 1.50 bits per heavy atom. The highest BCUT2D eigenvalue weighted by molar-refractivity contribution is 5.74. The first-order valence-electron chi connectivity index (χ1n) is 5.09. The summed E-state index contributed by atoms with van der Waals surface area (Å²) in [5.74, 6) is 0.605. The van der Waals surface area contributed by atoms with Crippen LogP contribution in [0.25, 0.3) is 0 Å². The Morgan fingerprint density at radius 2 is 2.07 bits per heavy atom. The molecular formula is C11H20N2O. The highest BCUT2D eigenvalue weighted by Crippen LogP contribution is 2.30. The fraction of sp³-hybridized carbons (Fsp3) is 0.727. The third-order valence-corrected chi connectivity index (χ3v) is 2.19. The quantitative estimate of drug-likeness (QED) is 0.652. The summed E-state index contributed by atoms with van der Waals surface area (Å²) in [6, 6.07) is -0.0741.